The first-order valence-corrected chi connectivity index (χ1v) is 6.10. The number of benzene rings is 1. The first-order chi connectivity index (χ1) is 8.87. The molecular weight excluding hydrogens is 259 g/mol. The second-order valence-electron chi connectivity index (χ2n) is 4.69. The lowest BCUT2D eigenvalue weighted by Gasteiger charge is -2.16. The van der Waals surface area contributed by atoms with Crippen molar-refractivity contribution in [1.29, 1.82) is 0 Å². The maximum absolute atomic E-state index is 12.2. The molecule has 1 saturated heterocycles. The summed E-state index contributed by atoms with van der Waals surface area (Å²) >= 11 is 0. The highest BCUT2D eigenvalue weighted by atomic mass is 19.4. The van der Waals surface area contributed by atoms with Crippen LogP contribution in [0.15, 0.2) is 18.2 Å². The molecule has 0 radical (unpaired) electrons. The molecule has 0 spiro atoms. The van der Waals surface area contributed by atoms with E-state index in [1.165, 1.54) is 12.1 Å². The van der Waals surface area contributed by atoms with Gasteiger partial charge in [-0.15, -0.1) is 13.2 Å². The van der Waals surface area contributed by atoms with E-state index < -0.39 is 6.36 Å². The second kappa shape index (κ2) is 5.38. The Labute approximate surface area is 109 Å². The number of hydrogen-bond acceptors (Lipinski definition) is 3. The molecule has 1 aromatic carbocycles. The normalized spacial score (nSPS) is 23.6. The van der Waals surface area contributed by atoms with Crippen LogP contribution in [0.5, 0.6) is 5.75 Å². The van der Waals surface area contributed by atoms with Crippen LogP contribution in [-0.2, 0) is 4.74 Å². The first kappa shape index (κ1) is 14.1. The summed E-state index contributed by atoms with van der Waals surface area (Å²) in [6.45, 7) is 2.15. The van der Waals surface area contributed by atoms with E-state index in [1.807, 2.05) is 6.07 Å². The van der Waals surface area contributed by atoms with Gasteiger partial charge in [-0.2, -0.15) is 0 Å². The Morgan fingerprint density at radius 1 is 1.32 bits per heavy atom. The number of alkyl halides is 3. The number of rotatable bonds is 3. The summed E-state index contributed by atoms with van der Waals surface area (Å²) in [5.41, 5.74) is 6.93. The van der Waals surface area contributed by atoms with Crippen LogP contribution in [0.4, 0.5) is 13.2 Å². The molecule has 2 N–H and O–H groups in total. The summed E-state index contributed by atoms with van der Waals surface area (Å²) < 4.78 is 46.3. The number of hydrogen-bond donors (Lipinski definition) is 1. The Morgan fingerprint density at radius 3 is 2.63 bits per heavy atom. The molecule has 1 aliphatic rings. The van der Waals surface area contributed by atoms with Crippen molar-refractivity contribution in [2.24, 2.45) is 5.73 Å². The summed E-state index contributed by atoms with van der Waals surface area (Å²) in [6, 6.07) is 4.54. The summed E-state index contributed by atoms with van der Waals surface area (Å²) in [5.74, 6) is -0.206. The Morgan fingerprint density at radius 2 is 2.05 bits per heavy atom. The van der Waals surface area contributed by atoms with Gasteiger partial charge in [0.1, 0.15) is 5.75 Å². The van der Waals surface area contributed by atoms with Crippen molar-refractivity contribution in [3.05, 3.63) is 29.3 Å². The molecule has 0 amide bonds. The zero-order valence-corrected chi connectivity index (χ0v) is 10.5. The third kappa shape index (κ3) is 3.84. The molecule has 0 unspecified atom stereocenters. The van der Waals surface area contributed by atoms with Crippen LogP contribution in [0.2, 0.25) is 0 Å². The van der Waals surface area contributed by atoms with Crippen molar-refractivity contribution < 1.29 is 22.6 Å². The molecule has 1 aromatic rings. The van der Waals surface area contributed by atoms with E-state index in [1.54, 1.807) is 6.92 Å². The molecular formula is C13H16F3NO2. The first-order valence-electron chi connectivity index (χ1n) is 6.10. The van der Waals surface area contributed by atoms with Crippen LogP contribution >= 0.6 is 0 Å². The lowest BCUT2D eigenvalue weighted by molar-refractivity contribution is -0.274. The molecule has 0 bridgehead atoms. The molecule has 1 heterocycles. The smallest absolute Gasteiger partial charge is 0.406 e. The number of nitrogens with two attached hydrogens (primary N) is 1. The van der Waals surface area contributed by atoms with Gasteiger partial charge >= 0.3 is 6.36 Å². The zero-order chi connectivity index (χ0) is 14.0. The maximum Gasteiger partial charge on any atom is 0.573 e. The minimum absolute atomic E-state index is 0.0162. The van der Waals surface area contributed by atoms with Crippen LogP contribution in [-0.4, -0.2) is 19.0 Å². The zero-order valence-electron chi connectivity index (χ0n) is 10.5. The monoisotopic (exact) mass is 275 g/mol. The van der Waals surface area contributed by atoms with Crippen molar-refractivity contribution >= 4 is 0 Å². The lowest BCUT2D eigenvalue weighted by atomic mass is 10.0. The number of ether oxygens (including phenoxy) is 2. The van der Waals surface area contributed by atoms with Gasteiger partial charge in [-0.3, -0.25) is 0 Å². The highest BCUT2D eigenvalue weighted by Gasteiger charge is 2.32. The van der Waals surface area contributed by atoms with E-state index in [2.05, 4.69) is 4.74 Å². The van der Waals surface area contributed by atoms with Gasteiger partial charge in [0.15, 0.2) is 0 Å². The van der Waals surface area contributed by atoms with E-state index in [-0.39, 0.29) is 18.0 Å². The SMILES string of the molecule is Cc1cc(OC(F)(F)F)cc([C@H]2CC[C@H](CN)O2)c1. The Bertz CT molecular complexity index is 448. The fourth-order valence-corrected chi connectivity index (χ4v) is 2.28. The van der Waals surface area contributed by atoms with Crippen LogP contribution in [0.1, 0.15) is 30.1 Å². The molecule has 0 aromatic heterocycles. The summed E-state index contributed by atoms with van der Waals surface area (Å²) in [4.78, 5) is 0. The average molecular weight is 275 g/mol. The van der Waals surface area contributed by atoms with Crippen LogP contribution < -0.4 is 10.5 Å². The fraction of sp³-hybridized carbons (Fsp3) is 0.538. The van der Waals surface area contributed by atoms with Gasteiger partial charge < -0.3 is 15.2 Å². The quantitative estimate of drug-likeness (QED) is 0.922. The second-order valence-corrected chi connectivity index (χ2v) is 4.69. The predicted octanol–water partition coefficient (Wildman–Crippen LogP) is 3.07. The minimum atomic E-state index is -4.68. The summed E-state index contributed by atoms with van der Waals surface area (Å²) in [7, 11) is 0. The Balaban J connectivity index is 2.17. The van der Waals surface area contributed by atoms with Gasteiger partial charge in [0, 0.05) is 6.54 Å². The van der Waals surface area contributed by atoms with Crippen molar-refractivity contribution in [3.8, 4) is 5.75 Å². The third-order valence-electron chi connectivity index (χ3n) is 3.05. The van der Waals surface area contributed by atoms with Gasteiger partial charge in [0.05, 0.1) is 12.2 Å². The standard InChI is InChI=1S/C13H16F3NO2/c1-8-4-9(12-3-2-10(7-17)18-12)6-11(5-8)19-13(14,15)16/h4-6,10,12H,2-3,7,17H2,1H3/t10-,12-/m1/s1. The molecule has 1 aliphatic heterocycles. The molecule has 0 aliphatic carbocycles. The van der Waals surface area contributed by atoms with E-state index in [4.69, 9.17) is 10.5 Å². The summed E-state index contributed by atoms with van der Waals surface area (Å²) in [5, 5.41) is 0. The predicted molar refractivity (Wildman–Crippen MR) is 63.8 cm³/mol. The van der Waals surface area contributed by atoms with Gasteiger partial charge in [0.25, 0.3) is 0 Å². The fourth-order valence-electron chi connectivity index (χ4n) is 2.28. The largest absolute Gasteiger partial charge is 0.573 e. The van der Waals surface area contributed by atoms with Gasteiger partial charge in [-0.25, -0.2) is 0 Å². The number of aryl methyl sites for hydroxylation is 1. The Kier molecular flexibility index (Phi) is 4.01. The molecule has 2 atom stereocenters. The third-order valence-corrected chi connectivity index (χ3v) is 3.05. The maximum atomic E-state index is 12.2. The van der Waals surface area contributed by atoms with Crippen molar-refractivity contribution in [3.63, 3.8) is 0 Å². The molecule has 19 heavy (non-hydrogen) atoms. The molecule has 3 nitrogen and oxygen atoms in total. The minimum Gasteiger partial charge on any atom is -0.406 e. The van der Waals surface area contributed by atoms with Gasteiger partial charge in [0.2, 0.25) is 0 Å². The highest BCUT2D eigenvalue weighted by Crippen LogP contribution is 2.35. The van der Waals surface area contributed by atoms with E-state index in [0.29, 0.717) is 17.7 Å². The summed E-state index contributed by atoms with van der Waals surface area (Å²) in [6.07, 6.45) is -3.32. The topological polar surface area (TPSA) is 44.5 Å². The lowest BCUT2D eigenvalue weighted by Crippen LogP contribution is -2.19. The molecule has 2 rings (SSSR count). The van der Waals surface area contributed by atoms with Crippen LogP contribution in [0, 0.1) is 6.92 Å². The molecule has 106 valence electrons. The molecule has 0 saturated carbocycles. The molecule has 6 heteroatoms. The van der Waals surface area contributed by atoms with Crippen molar-refractivity contribution in [2.45, 2.75) is 38.3 Å². The van der Waals surface area contributed by atoms with E-state index in [9.17, 15) is 13.2 Å². The van der Waals surface area contributed by atoms with Crippen molar-refractivity contribution in [2.75, 3.05) is 6.54 Å². The van der Waals surface area contributed by atoms with Crippen LogP contribution in [0.25, 0.3) is 0 Å². The van der Waals surface area contributed by atoms with Gasteiger partial charge in [-0.05, 0) is 43.0 Å². The molecule has 1 fully saturated rings. The van der Waals surface area contributed by atoms with E-state index in [0.717, 1.165) is 12.8 Å². The number of halogens is 3. The van der Waals surface area contributed by atoms with Crippen LogP contribution in [0.3, 0.4) is 0 Å². The van der Waals surface area contributed by atoms with Crippen molar-refractivity contribution in [1.82, 2.24) is 0 Å². The van der Waals surface area contributed by atoms with Gasteiger partial charge in [-0.1, -0.05) is 6.07 Å². The van der Waals surface area contributed by atoms with E-state index >= 15 is 0 Å². The average Bonchev–Trinajstić information content (AvgIpc) is 2.74. The Hall–Kier alpha value is -1.27. The highest BCUT2D eigenvalue weighted by molar-refractivity contribution is 5.35.